The van der Waals surface area contributed by atoms with E-state index in [1.165, 1.54) is 11.3 Å². The molecule has 0 radical (unpaired) electrons. The molecule has 0 aliphatic heterocycles. The second-order valence-electron chi connectivity index (χ2n) is 3.93. The Kier molecular flexibility index (Phi) is 8.05. The number of nitrogens with one attached hydrogen (secondary N) is 2. The van der Waals surface area contributed by atoms with Crippen LogP contribution in [0.15, 0.2) is 11.0 Å². The lowest BCUT2D eigenvalue weighted by Gasteiger charge is -2.06. The van der Waals surface area contributed by atoms with Gasteiger partial charge < -0.3 is 5.32 Å². The molecular formula is C11H21ClN2O2S2. The molecule has 2 N–H and O–H groups in total. The topological polar surface area (TPSA) is 58.2 Å². The van der Waals surface area contributed by atoms with Crippen LogP contribution < -0.4 is 10.0 Å². The Hall–Kier alpha value is -0.140. The first-order valence-corrected chi connectivity index (χ1v) is 8.04. The Morgan fingerprint density at radius 1 is 1.22 bits per heavy atom. The van der Waals surface area contributed by atoms with Gasteiger partial charge in [0.25, 0.3) is 0 Å². The van der Waals surface area contributed by atoms with Gasteiger partial charge in [0.1, 0.15) is 0 Å². The van der Waals surface area contributed by atoms with Gasteiger partial charge in [0.2, 0.25) is 10.0 Å². The van der Waals surface area contributed by atoms with Crippen LogP contribution >= 0.6 is 23.7 Å². The van der Waals surface area contributed by atoms with Gasteiger partial charge in [-0.3, -0.25) is 0 Å². The van der Waals surface area contributed by atoms with Crippen LogP contribution in [-0.4, -0.2) is 28.1 Å². The standard InChI is InChI=1S/C11H20N2O2S2.ClH/c1-4-5-12-6-7-13-17(14,15)11-8-9(2)16-10(11)3;/h8,12-13H,4-7H2,1-3H3;1H. The number of sulfonamides is 1. The molecule has 1 aromatic rings. The second-order valence-corrected chi connectivity index (χ2v) is 7.12. The summed E-state index contributed by atoms with van der Waals surface area (Å²) < 4.78 is 26.5. The van der Waals surface area contributed by atoms with Crippen molar-refractivity contribution in [1.29, 1.82) is 0 Å². The first-order valence-electron chi connectivity index (χ1n) is 5.74. The van der Waals surface area contributed by atoms with Crippen molar-refractivity contribution < 1.29 is 8.42 Å². The van der Waals surface area contributed by atoms with Crippen LogP contribution in [0.4, 0.5) is 0 Å². The zero-order valence-electron chi connectivity index (χ0n) is 10.9. The van der Waals surface area contributed by atoms with E-state index in [1.807, 2.05) is 13.8 Å². The molecular weight excluding hydrogens is 292 g/mol. The Morgan fingerprint density at radius 3 is 2.39 bits per heavy atom. The third-order valence-corrected chi connectivity index (χ3v) is 4.99. The Labute approximate surface area is 120 Å². The van der Waals surface area contributed by atoms with Gasteiger partial charge in [0.05, 0.1) is 4.90 Å². The summed E-state index contributed by atoms with van der Waals surface area (Å²) in [5.41, 5.74) is 0. The van der Waals surface area contributed by atoms with E-state index < -0.39 is 10.0 Å². The molecule has 0 saturated heterocycles. The predicted molar refractivity (Wildman–Crippen MR) is 79.4 cm³/mol. The highest BCUT2D eigenvalue weighted by Gasteiger charge is 2.18. The molecule has 0 aliphatic carbocycles. The molecule has 0 spiro atoms. The van der Waals surface area contributed by atoms with E-state index >= 15 is 0 Å². The van der Waals surface area contributed by atoms with Crippen LogP contribution in [0, 0.1) is 13.8 Å². The van der Waals surface area contributed by atoms with Crippen LogP contribution in [0.1, 0.15) is 23.1 Å². The number of aryl methyl sites for hydroxylation is 2. The number of halogens is 1. The minimum atomic E-state index is -3.34. The molecule has 0 atom stereocenters. The third-order valence-electron chi connectivity index (χ3n) is 2.31. The molecule has 0 unspecified atom stereocenters. The molecule has 0 amide bonds. The van der Waals surface area contributed by atoms with Gasteiger partial charge >= 0.3 is 0 Å². The maximum atomic E-state index is 12.0. The lowest BCUT2D eigenvalue weighted by molar-refractivity contribution is 0.575. The number of thiophene rings is 1. The maximum absolute atomic E-state index is 12.0. The normalized spacial score (nSPS) is 11.3. The minimum Gasteiger partial charge on any atom is -0.315 e. The van der Waals surface area contributed by atoms with Crippen LogP contribution in [0.5, 0.6) is 0 Å². The van der Waals surface area contributed by atoms with Crippen molar-refractivity contribution >= 4 is 33.8 Å². The molecule has 1 heterocycles. The van der Waals surface area contributed by atoms with Crippen molar-refractivity contribution in [1.82, 2.24) is 10.0 Å². The molecule has 18 heavy (non-hydrogen) atoms. The maximum Gasteiger partial charge on any atom is 0.241 e. The van der Waals surface area contributed by atoms with Gasteiger partial charge in [-0.25, -0.2) is 13.1 Å². The SMILES string of the molecule is CCCNCCNS(=O)(=O)c1cc(C)sc1C.Cl. The summed E-state index contributed by atoms with van der Waals surface area (Å²) in [7, 11) is -3.34. The average Bonchev–Trinajstić information content (AvgIpc) is 2.58. The minimum absolute atomic E-state index is 0. The highest BCUT2D eigenvalue weighted by molar-refractivity contribution is 7.89. The first-order chi connectivity index (χ1) is 7.97. The summed E-state index contributed by atoms with van der Waals surface area (Å²) in [6, 6.07) is 1.72. The number of rotatable bonds is 7. The van der Waals surface area contributed by atoms with E-state index in [2.05, 4.69) is 17.0 Å². The highest BCUT2D eigenvalue weighted by atomic mass is 35.5. The van der Waals surface area contributed by atoms with Crippen LogP contribution in [0.2, 0.25) is 0 Å². The van der Waals surface area contributed by atoms with Crippen molar-refractivity contribution in [2.45, 2.75) is 32.1 Å². The smallest absolute Gasteiger partial charge is 0.241 e. The van der Waals surface area contributed by atoms with Gasteiger partial charge in [0.15, 0.2) is 0 Å². The van der Waals surface area contributed by atoms with Gasteiger partial charge in [-0.15, -0.1) is 23.7 Å². The van der Waals surface area contributed by atoms with Crippen molar-refractivity contribution in [3.63, 3.8) is 0 Å². The fraction of sp³-hybridized carbons (Fsp3) is 0.636. The molecule has 0 fully saturated rings. The van der Waals surface area contributed by atoms with Crippen LogP contribution in [0.25, 0.3) is 0 Å². The van der Waals surface area contributed by atoms with E-state index in [-0.39, 0.29) is 12.4 Å². The Bertz CT molecular complexity index is 458. The lowest BCUT2D eigenvalue weighted by Crippen LogP contribution is -2.32. The lowest BCUT2D eigenvalue weighted by atomic mass is 10.4. The van der Waals surface area contributed by atoms with Crippen molar-refractivity contribution in [3.05, 3.63) is 15.8 Å². The summed E-state index contributed by atoms with van der Waals surface area (Å²) in [5.74, 6) is 0. The summed E-state index contributed by atoms with van der Waals surface area (Å²) >= 11 is 1.51. The number of hydrogen-bond donors (Lipinski definition) is 2. The molecule has 0 saturated carbocycles. The molecule has 1 aromatic heterocycles. The monoisotopic (exact) mass is 312 g/mol. The fourth-order valence-electron chi connectivity index (χ4n) is 1.53. The number of hydrogen-bond acceptors (Lipinski definition) is 4. The van der Waals surface area contributed by atoms with Crippen molar-refractivity contribution in [3.8, 4) is 0 Å². The van der Waals surface area contributed by atoms with Crippen LogP contribution in [-0.2, 0) is 10.0 Å². The van der Waals surface area contributed by atoms with Crippen molar-refractivity contribution in [2.75, 3.05) is 19.6 Å². The van der Waals surface area contributed by atoms with Gasteiger partial charge in [-0.2, -0.15) is 0 Å². The largest absolute Gasteiger partial charge is 0.315 e. The van der Waals surface area contributed by atoms with E-state index in [0.29, 0.717) is 18.0 Å². The zero-order chi connectivity index (χ0) is 12.9. The first kappa shape index (κ1) is 17.9. The summed E-state index contributed by atoms with van der Waals surface area (Å²) in [6.45, 7) is 7.83. The molecule has 0 aliphatic rings. The molecule has 0 bridgehead atoms. The Morgan fingerprint density at radius 2 is 1.89 bits per heavy atom. The van der Waals surface area contributed by atoms with Crippen LogP contribution in [0.3, 0.4) is 0 Å². The van der Waals surface area contributed by atoms with E-state index in [9.17, 15) is 8.42 Å². The van der Waals surface area contributed by atoms with Gasteiger partial charge in [0, 0.05) is 22.8 Å². The van der Waals surface area contributed by atoms with E-state index in [0.717, 1.165) is 22.7 Å². The quantitative estimate of drug-likeness (QED) is 0.758. The summed E-state index contributed by atoms with van der Waals surface area (Å²) in [5, 5.41) is 3.15. The Balaban J connectivity index is 0.00000289. The fourth-order valence-corrected chi connectivity index (χ4v) is 4.11. The molecule has 4 nitrogen and oxygen atoms in total. The van der Waals surface area contributed by atoms with E-state index in [1.54, 1.807) is 6.07 Å². The van der Waals surface area contributed by atoms with E-state index in [4.69, 9.17) is 0 Å². The third kappa shape index (κ3) is 5.24. The summed E-state index contributed by atoms with van der Waals surface area (Å²) in [6.07, 6.45) is 1.05. The highest BCUT2D eigenvalue weighted by Crippen LogP contribution is 2.24. The molecule has 0 aromatic carbocycles. The molecule has 106 valence electrons. The second kappa shape index (κ2) is 8.12. The predicted octanol–water partition coefficient (Wildman–Crippen LogP) is 2.06. The van der Waals surface area contributed by atoms with Crippen molar-refractivity contribution in [2.24, 2.45) is 0 Å². The molecule has 1 rings (SSSR count). The molecule has 7 heteroatoms. The zero-order valence-corrected chi connectivity index (χ0v) is 13.4. The van der Waals surface area contributed by atoms with Gasteiger partial charge in [-0.1, -0.05) is 6.92 Å². The van der Waals surface area contributed by atoms with Gasteiger partial charge in [-0.05, 0) is 32.9 Å². The summed E-state index contributed by atoms with van der Waals surface area (Å²) in [4.78, 5) is 2.28. The average molecular weight is 313 g/mol.